The maximum Gasteiger partial charge on any atom is 0.320 e. The molecule has 0 radical (unpaired) electrons. The summed E-state index contributed by atoms with van der Waals surface area (Å²) >= 11 is 0. The van der Waals surface area contributed by atoms with Crippen LogP contribution in [0, 0.1) is 24.0 Å². The number of phenols is 1. The monoisotopic (exact) mass is 671 g/mol. The molecule has 10 nitrogen and oxygen atoms in total. The van der Waals surface area contributed by atoms with Gasteiger partial charge in [-0.2, -0.15) is 9.97 Å². The molecule has 2 aromatic carbocycles. The second-order valence-electron chi connectivity index (χ2n) is 13.9. The van der Waals surface area contributed by atoms with E-state index in [1.54, 1.807) is 19.0 Å². The number of terminal acetylenes is 1. The predicted octanol–water partition coefficient (Wildman–Crippen LogP) is 5.10. The second kappa shape index (κ2) is 11.7. The van der Waals surface area contributed by atoms with Gasteiger partial charge in [0.15, 0.2) is 5.82 Å². The Hall–Kier alpha value is -4.83. The zero-order valence-electron chi connectivity index (χ0n) is 27.3. The van der Waals surface area contributed by atoms with Crippen molar-refractivity contribution in [3.63, 3.8) is 0 Å². The number of benzene rings is 2. The molecule has 4 aliphatic rings. The lowest BCUT2D eigenvalue weighted by atomic mass is 9.95. The van der Waals surface area contributed by atoms with Gasteiger partial charge in [0.2, 0.25) is 0 Å². The SMILES string of the molecule is C#Cc1c(F)ccc2cc(O)cc(-c3ncc4c(N5CC6CCC(C5)N6C(=O)N(C)C)nc(OC[C@@]56CCCN5C[C@H](F)C6)nc4c3F)c12. The van der Waals surface area contributed by atoms with Crippen LogP contribution >= 0.6 is 0 Å². The van der Waals surface area contributed by atoms with E-state index in [1.807, 2.05) is 9.80 Å². The molecule has 2 unspecified atom stereocenters. The number of urea groups is 1. The molecular weight excluding hydrogens is 635 g/mol. The molecule has 4 aromatic rings. The molecule has 4 atom stereocenters. The van der Waals surface area contributed by atoms with Crippen molar-refractivity contribution in [2.45, 2.75) is 55.9 Å². The molecular formula is C36H36F3N7O3. The van der Waals surface area contributed by atoms with E-state index in [0.29, 0.717) is 42.6 Å². The van der Waals surface area contributed by atoms with Crippen LogP contribution in [0.4, 0.5) is 23.8 Å². The van der Waals surface area contributed by atoms with Crippen LogP contribution in [0.15, 0.2) is 30.5 Å². The number of hydrogen-bond acceptors (Lipinski definition) is 8. The lowest BCUT2D eigenvalue weighted by molar-refractivity contribution is 0.107. The maximum atomic E-state index is 16.9. The van der Waals surface area contributed by atoms with Crippen molar-refractivity contribution in [3.8, 4) is 35.4 Å². The number of pyridine rings is 1. The average Bonchev–Trinajstić information content (AvgIpc) is 3.69. The number of aromatic nitrogens is 3. The van der Waals surface area contributed by atoms with Crippen LogP contribution in [-0.2, 0) is 0 Å². The molecule has 4 saturated heterocycles. The fraction of sp³-hybridized carbons (Fsp3) is 0.444. The topological polar surface area (TPSA) is 98.2 Å². The minimum Gasteiger partial charge on any atom is -0.508 e. The first-order chi connectivity index (χ1) is 23.6. The molecule has 2 aromatic heterocycles. The predicted molar refractivity (Wildman–Crippen MR) is 178 cm³/mol. The Labute approximate surface area is 281 Å². The standard InChI is InChI=1S/C36H36F3N7O3/c1-4-25-28(38)9-6-20-12-24(47)13-26(29(20)25)31-30(39)32-27(15-40-31)33(44-17-22-7-8-23(18-44)46(22)35(48)43(2)3)42-34(41-32)49-19-36-10-5-11-45(36)16-21(37)14-36/h1,6,9,12-13,15,21-23,47H,5,7-8,10-11,14,16-19H2,2-3H3/t21-,22?,23?,36+/m1/s1. The number of carbonyl (C=O) groups is 1. The van der Waals surface area contributed by atoms with Crippen LogP contribution in [0.2, 0.25) is 0 Å². The van der Waals surface area contributed by atoms with Crippen LogP contribution in [0.3, 0.4) is 0 Å². The number of anilines is 1. The van der Waals surface area contributed by atoms with Gasteiger partial charge in [-0.05, 0) is 55.8 Å². The highest BCUT2D eigenvalue weighted by atomic mass is 19.1. The lowest BCUT2D eigenvalue weighted by Crippen LogP contribution is -2.58. The number of rotatable bonds is 5. The van der Waals surface area contributed by atoms with E-state index in [2.05, 4.69) is 20.8 Å². The van der Waals surface area contributed by atoms with E-state index >= 15 is 4.39 Å². The maximum absolute atomic E-state index is 16.9. The quantitative estimate of drug-likeness (QED) is 0.293. The van der Waals surface area contributed by atoms with Gasteiger partial charge < -0.3 is 24.5 Å². The van der Waals surface area contributed by atoms with E-state index in [-0.39, 0.29) is 64.2 Å². The molecule has 0 spiro atoms. The third-order valence-electron chi connectivity index (χ3n) is 10.7. The van der Waals surface area contributed by atoms with Crippen molar-refractivity contribution in [2.75, 3.05) is 51.8 Å². The number of fused-ring (bicyclic) bond motifs is 5. The van der Waals surface area contributed by atoms with Crippen molar-refractivity contribution in [2.24, 2.45) is 0 Å². The molecule has 2 bridgehead atoms. The van der Waals surface area contributed by atoms with E-state index in [4.69, 9.17) is 16.1 Å². The summed E-state index contributed by atoms with van der Waals surface area (Å²) in [5.41, 5.74) is -0.699. The fourth-order valence-electron chi connectivity index (χ4n) is 8.53. The van der Waals surface area contributed by atoms with Crippen LogP contribution < -0.4 is 9.64 Å². The summed E-state index contributed by atoms with van der Waals surface area (Å²) in [6.07, 6.45) is 9.92. The van der Waals surface area contributed by atoms with Crippen LogP contribution in [0.25, 0.3) is 32.9 Å². The zero-order valence-corrected chi connectivity index (χ0v) is 27.3. The Morgan fingerprint density at radius 3 is 2.67 bits per heavy atom. The van der Waals surface area contributed by atoms with E-state index < -0.39 is 23.3 Å². The molecule has 4 fully saturated rings. The van der Waals surface area contributed by atoms with E-state index in [1.165, 1.54) is 30.5 Å². The van der Waals surface area contributed by atoms with Gasteiger partial charge in [-0.1, -0.05) is 12.0 Å². The molecule has 0 saturated carbocycles. The average molecular weight is 672 g/mol. The third-order valence-corrected chi connectivity index (χ3v) is 10.7. The van der Waals surface area contributed by atoms with Crippen LogP contribution in [-0.4, -0.2) is 111 Å². The highest BCUT2D eigenvalue weighted by molar-refractivity contribution is 6.03. The molecule has 2 amide bonds. The number of halogens is 3. The Morgan fingerprint density at radius 2 is 1.94 bits per heavy atom. The molecule has 0 aliphatic carbocycles. The lowest BCUT2D eigenvalue weighted by Gasteiger charge is -2.42. The number of piperazine rings is 1. The van der Waals surface area contributed by atoms with Gasteiger partial charge >= 0.3 is 12.0 Å². The number of aromatic hydroxyl groups is 1. The van der Waals surface area contributed by atoms with E-state index in [9.17, 15) is 18.7 Å². The van der Waals surface area contributed by atoms with Gasteiger partial charge in [0.25, 0.3) is 0 Å². The second-order valence-corrected chi connectivity index (χ2v) is 13.9. The Bertz CT molecular complexity index is 2040. The largest absolute Gasteiger partial charge is 0.508 e. The van der Waals surface area contributed by atoms with Gasteiger partial charge in [-0.3, -0.25) is 9.88 Å². The summed E-state index contributed by atoms with van der Waals surface area (Å²) in [7, 11) is 3.47. The van der Waals surface area contributed by atoms with Crippen molar-refractivity contribution in [1.29, 1.82) is 0 Å². The third kappa shape index (κ3) is 5.07. The number of hydrogen-bond donors (Lipinski definition) is 1. The summed E-state index contributed by atoms with van der Waals surface area (Å²) in [5, 5.41) is 11.6. The Morgan fingerprint density at radius 1 is 1.16 bits per heavy atom. The van der Waals surface area contributed by atoms with Gasteiger partial charge in [-0.25, -0.2) is 18.0 Å². The molecule has 13 heteroatoms. The fourth-order valence-corrected chi connectivity index (χ4v) is 8.53. The highest BCUT2D eigenvalue weighted by Crippen LogP contribution is 2.42. The minimum atomic E-state index is -0.949. The summed E-state index contributed by atoms with van der Waals surface area (Å²) < 4.78 is 52.6. The van der Waals surface area contributed by atoms with Crippen molar-refractivity contribution in [1.82, 2.24) is 29.7 Å². The smallest absolute Gasteiger partial charge is 0.320 e. The number of amides is 2. The van der Waals surface area contributed by atoms with Gasteiger partial charge in [0.05, 0.1) is 28.6 Å². The van der Waals surface area contributed by atoms with Crippen molar-refractivity contribution in [3.05, 3.63) is 47.7 Å². The zero-order chi connectivity index (χ0) is 34.2. The summed E-state index contributed by atoms with van der Waals surface area (Å²) in [4.78, 5) is 34.5. The molecule has 8 rings (SSSR count). The molecule has 6 heterocycles. The Balaban J connectivity index is 1.25. The molecule has 254 valence electrons. The van der Waals surface area contributed by atoms with Crippen molar-refractivity contribution < 1.29 is 27.8 Å². The van der Waals surface area contributed by atoms with Gasteiger partial charge in [-0.15, -0.1) is 6.42 Å². The van der Waals surface area contributed by atoms with Gasteiger partial charge in [0.1, 0.15) is 41.4 Å². The minimum absolute atomic E-state index is 0.0507. The number of phenolic OH excluding ortho intramolecular Hbond substituents is 1. The van der Waals surface area contributed by atoms with Crippen LogP contribution in [0.1, 0.15) is 37.7 Å². The first-order valence-electron chi connectivity index (χ1n) is 16.6. The highest BCUT2D eigenvalue weighted by Gasteiger charge is 2.49. The van der Waals surface area contributed by atoms with Crippen LogP contribution in [0.5, 0.6) is 11.8 Å². The number of nitrogens with zero attached hydrogens (tertiary/aromatic N) is 7. The van der Waals surface area contributed by atoms with Gasteiger partial charge in [0, 0.05) is 57.3 Å². The summed E-state index contributed by atoms with van der Waals surface area (Å²) in [6.45, 7) is 2.22. The number of alkyl halides is 1. The summed E-state index contributed by atoms with van der Waals surface area (Å²) in [5.74, 6) is 1.13. The van der Waals surface area contributed by atoms with E-state index in [0.717, 1.165) is 32.2 Å². The number of ether oxygens (including phenoxy) is 1. The molecule has 49 heavy (non-hydrogen) atoms. The number of carbonyl (C=O) groups excluding carboxylic acids is 1. The first kappa shape index (κ1) is 31.4. The Kier molecular flexibility index (Phi) is 7.48. The first-order valence-corrected chi connectivity index (χ1v) is 16.6. The molecule has 1 N–H and O–H groups in total. The normalized spacial score (nSPS) is 24.9. The summed E-state index contributed by atoms with van der Waals surface area (Å²) in [6, 6.07) is 5.15. The molecule has 4 aliphatic heterocycles. The van der Waals surface area contributed by atoms with Crippen molar-refractivity contribution >= 4 is 33.5 Å².